The van der Waals surface area contributed by atoms with Crippen LogP contribution in [-0.4, -0.2) is 30.8 Å². The zero-order chi connectivity index (χ0) is 16.4. The van der Waals surface area contributed by atoms with Gasteiger partial charge < -0.3 is 14.6 Å². The highest BCUT2D eigenvalue weighted by Gasteiger charge is 2.18. The van der Waals surface area contributed by atoms with E-state index >= 15 is 0 Å². The Balaban J connectivity index is 1.39. The molecule has 0 bridgehead atoms. The molecule has 1 aliphatic heterocycles. The first kappa shape index (κ1) is 15.4. The molecule has 1 N–H and O–H groups in total. The van der Waals surface area contributed by atoms with Gasteiger partial charge in [0.05, 0.1) is 6.61 Å². The molecule has 5 nitrogen and oxygen atoms in total. The maximum Gasteiger partial charge on any atom is 0.273 e. The smallest absolute Gasteiger partial charge is 0.273 e. The molecule has 3 heterocycles. The number of rotatable bonds is 5. The summed E-state index contributed by atoms with van der Waals surface area (Å²) in [6, 6.07) is 12.2. The summed E-state index contributed by atoms with van der Waals surface area (Å²) in [7, 11) is 0. The van der Waals surface area contributed by atoms with Crippen molar-refractivity contribution in [3.05, 3.63) is 52.7 Å². The fourth-order valence-electron chi connectivity index (χ4n) is 2.87. The van der Waals surface area contributed by atoms with Crippen LogP contribution in [0.2, 0.25) is 0 Å². The van der Waals surface area contributed by atoms with Gasteiger partial charge in [-0.05, 0) is 23.9 Å². The minimum Gasteiger partial charge on any atom is -0.381 e. The largest absolute Gasteiger partial charge is 0.381 e. The first-order valence-electron chi connectivity index (χ1n) is 8.07. The van der Waals surface area contributed by atoms with E-state index in [1.807, 2.05) is 12.1 Å². The van der Waals surface area contributed by atoms with E-state index in [1.165, 1.54) is 15.0 Å². The third-order valence-electron chi connectivity index (χ3n) is 4.19. The number of thiophene rings is 1. The van der Waals surface area contributed by atoms with Crippen molar-refractivity contribution in [2.45, 2.75) is 12.8 Å². The van der Waals surface area contributed by atoms with E-state index in [-0.39, 0.29) is 5.91 Å². The molecule has 1 aliphatic rings. The number of benzene rings is 1. The normalized spacial score (nSPS) is 17.4. The number of carbonyl (C=O) groups excluding carboxylic acids is 1. The molecule has 124 valence electrons. The summed E-state index contributed by atoms with van der Waals surface area (Å²) < 4.78 is 11.9. The Morgan fingerprint density at radius 1 is 1.33 bits per heavy atom. The number of carbonyl (C=O) groups is 1. The zero-order valence-corrected chi connectivity index (χ0v) is 14.0. The van der Waals surface area contributed by atoms with Gasteiger partial charge in [-0.25, -0.2) is 0 Å². The summed E-state index contributed by atoms with van der Waals surface area (Å²) in [6.07, 6.45) is 1.65. The highest BCUT2D eigenvalue weighted by molar-refractivity contribution is 7.19. The molecule has 1 saturated heterocycles. The molecule has 6 heteroatoms. The average molecular weight is 342 g/mol. The molecule has 2 aromatic heterocycles. The lowest BCUT2D eigenvalue weighted by atomic mass is 10.1. The minimum atomic E-state index is -0.187. The Morgan fingerprint density at radius 3 is 3.08 bits per heavy atom. The summed E-state index contributed by atoms with van der Waals surface area (Å²) in [5.41, 5.74) is 0.338. The molecule has 1 amide bonds. The molecule has 1 atom stereocenters. The van der Waals surface area contributed by atoms with Crippen LogP contribution >= 0.6 is 11.3 Å². The summed E-state index contributed by atoms with van der Waals surface area (Å²) in [5.74, 6) is 0.919. The quantitative estimate of drug-likeness (QED) is 0.773. The van der Waals surface area contributed by atoms with Crippen LogP contribution in [0.3, 0.4) is 0 Å². The number of aromatic nitrogens is 1. The van der Waals surface area contributed by atoms with Crippen molar-refractivity contribution in [3.63, 3.8) is 0 Å². The van der Waals surface area contributed by atoms with Crippen LogP contribution in [0.25, 0.3) is 10.1 Å². The molecule has 1 unspecified atom stereocenters. The van der Waals surface area contributed by atoms with Gasteiger partial charge in [0.2, 0.25) is 0 Å². The van der Waals surface area contributed by atoms with Crippen molar-refractivity contribution in [1.82, 2.24) is 10.5 Å². The predicted octanol–water partition coefficient (Wildman–Crippen LogP) is 3.25. The topological polar surface area (TPSA) is 64.4 Å². The Kier molecular flexibility index (Phi) is 4.32. The van der Waals surface area contributed by atoms with E-state index in [9.17, 15) is 4.79 Å². The van der Waals surface area contributed by atoms with Crippen molar-refractivity contribution >= 4 is 27.3 Å². The monoisotopic (exact) mass is 342 g/mol. The first-order valence-corrected chi connectivity index (χ1v) is 8.88. The molecular formula is C18H18N2O3S. The molecule has 24 heavy (non-hydrogen) atoms. The van der Waals surface area contributed by atoms with Gasteiger partial charge in [0.25, 0.3) is 5.91 Å². The number of hydrogen-bond acceptors (Lipinski definition) is 5. The SMILES string of the molecule is O=C(NCC1CCOC1)c1cc(Cc2cc3ccccc3s2)on1. The number of nitrogens with one attached hydrogen (secondary N) is 1. The lowest BCUT2D eigenvalue weighted by Crippen LogP contribution is -2.29. The van der Waals surface area contributed by atoms with Crippen LogP contribution < -0.4 is 5.32 Å². The maximum absolute atomic E-state index is 12.1. The van der Waals surface area contributed by atoms with Crippen LogP contribution in [0.15, 0.2) is 40.9 Å². The van der Waals surface area contributed by atoms with Crippen molar-refractivity contribution in [1.29, 1.82) is 0 Å². The van der Waals surface area contributed by atoms with Crippen molar-refractivity contribution in [3.8, 4) is 0 Å². The van der Waals surface area contributed by atoms with Crippen LogP contribution in [0.1, 0.15) is 27.5 Å². The van der Waals surface area contributed by atoms with Crippen molar-refractivity contribution in [2.24, 2.45) is 5.92 Å². The number of hydrogen-bond donors (Lipinski definition) is 1. The van der Waals surface area contributed by atoms with Crippen LogP contribution in [-0.2, 0) is 11.2 Å². The standard InChI is InChI=1S/C18H18N2O3S/c21-18(19-10-12-5-6-22-11-12)16-9-14(23-20-16)8-15-7-13-3-1-2-4-17(13)24-15/h1-4,7,9,12H,5-6,8,10-11H2,(H,19,21). The van der Waals surface area contributed by atoms with E-state index in [0.29, 0.717) is 30.3 Å². The highest BCUT2D eigenvalue weighted by Crippen LogP contribution is 2.27. The number of fused-ring (bicyclic) bond motifs is 1. The van der Waals surface area contributed by atoms with Crippen LogP contribution in [0.5, 0.6) is 0 Å². The Hall–Kier alpha value is -2.18. The second kappa shape index (κ2) is 6.75. The summed E-state index contributed by atoms with van der Waals surface area (Å²) in [5, 5.41) is 8.03. The predicted molar refractivity (Wildman–Crippen MR) is 92.4 cm³/mol. The first-order chi connectivity index (χ1) is 11.8. The second-order valence-electron chi connectivity index (χ2n) is 6.05. The van der Waals surface area contributed by atoms with E-state index in [0.717, 1.165) is 19.6 Å². The molecule has 1 aromatic carbocycles. The van der Waals surface area contributed by atoms with Gasteiger partial charge in [0.15, 0.2) is 5.69 Å². The van der Waals surface area contributed by atoms with E-state index < -0.39 is 0 Å². The second-order valence-corrected chi connectivity index (χ2v) is 7.21. The fraction of sp³-hybridized carbons (Fsp3) is 0.333. The van der Waals surface area contributed by atoms with Crippen molar-refractivity contribution in [2.75, 3.05) is 19.8 Å². The molecule has 0 radical (unpaired) electrons. The Labute approximate surface area is 143 Å². The molecule has 0 spiro atoms. The number of nitrogens with zero attached hydrogens (tertiary/aromatic N) is 1. The van der Waals surface area contributed by atoms with Gasteiger partial charge in [-0.15, -0.1) is 11.3 Å². The van der Waals surface area contributed by atoms with E-state index in [2.05, 4.69) is 28.7 Å². The Bertz CT molecular complexity index is 816. The lowest BCUT2D eigenvalue weighted by Gasteiger charge is -2.07. The zero-order valence-electron chi connectivity index (χ0n) is 13.2. The van der Waals surface area contributed by atoms with Crippen LogP contribution in [0, 0.1) is 5.92 Å². The summed E-state index contributed by atoms with van der Waals surface area (Å²) >= 11 is 1.73. The van der Waals surface area contributed by atoms with Crippen molar-refractivity contribution < 1.29 is 14.1 Å². The molecular weight excluding hydrogens is 324 g/mol. The molecule has 0 saturated carbocycles. The van der Waals surface area contributed by atoms with Gasteiger partial charge in [-0.2, -0.15) is 0 Å². The van der Waals surface area contributed by atoms with Crippen LogP contribution in [0.4, 0.5) is 0 Å². The van der Waals surface area contributed by atoms with Gasteiger partial charge in [-0.1, -0.05) is 23.4 Å². The van der Waals surface area contributed by atoms with E-state index in [1.54, 1.807) is 17.4 Å². The highest BCUT2D eigenvalue weighted by atomic mass is 32.1. The third-order valence-corrected chi connectivity index (χ3v) is 5.31. The summed E-state index contributed by atoms with van der Waals surface area (Å²) in [6.45, 7) is 2.12. The molecule has 1 fully saturated rings. The number of amides is 1. The van der Waals surface area contributed by atoms with Gasteiger partial charge in [-0.3, -0.25) is 4.79 Å². The third kappa shape index (κ3) is 3.34. The maximum atomic E-state index is 12.1. The summed E-state index contributed by atoms with van der Waals surface area (Å²) in [4.78, 5) is 13.3. The molecule has 0 aliphatic carbocycles. The Morgan fingerprint density at radius 2 is 2.25 bits per heavy atom. The van der Waals surface area contributed by atoms with E-state index in [4.69, 9.17) is 9.26 Å². The van der Waals surface area contributed by atoms with Gasteiger partial charge in [0.1, 0.15) is 5.76 Å². The van der Waals surface area contributed by atoms with Gasteiger partial charge >= 0.3 is 0 Å². The minimum absolute atomic E-state index is 0.187. The number of ether oxygens (including phenoxy) is 1. The lowest BCUT2D eigenvalue weighted by molar-refractivity contribution is 0.0936. The molecule has 4 rings (SSSR count). The molecule has 3 aromatic rings. The fourth-order valence-corrected chi connectivity index (χ4v) is 3.95. The average Bonchev–Trinajstić information content (AvgIpc) is 3.33. The van der Waals surface area contributed by atoms with Gasteiger partial charge in [0, 0.05) is 41.1 Å².